The van der Waals surface area contributed by atoms with Crippen LogP contribution in [0.15, 0.2) is 29.5 Å². The number of hydrogen-bond donors (Lipinski definition) is 3. The van der Waals surface area contributed by atoms with Gasteiger partial charge in [0.15, 0.2) is 12.8 Å². The standard InChI is InChI=1S/C20H28FN5O3.HI/c1-4-22-19(24-12-20(2,27)16-9-25-26(3)10-16)23-6-5-14-7-17(21)8-15-11-28-13-29-18(14)15;/h7-10,27H,4-6,11-13H2,1-3H3,(H2,22,23,24);1H. The second kappa shape index (κ2) is 10.9. The Kier molecular flexibility index (Phi) is 8.86. The molecule has 0 fully saturated rings. The molecule has 0 amide bonds. The first-order chi connectivity index (χ1) is 13.9. The third kappa shape index (κ3) is 6.29. The summed E-state index contributed by atoms with van der Waals surface area (Å²) in [5, 5.41) is 21.2. The second-order valence-electron chi connectivity index (χ2n) is 7.21. The zero-order chi connectivity index (χ0) is 20.9. The predicted molar refractivity (Wildman–Crippen MR) is 123 cm³/mol. The molecule has 1 aromatic carbocycles. The fourth-order valence-electron chi connectivity index (χ4n) is 3.12. The van der Waals surface area contributed by atoms with E-state index >= 15 is 0 Å². The molecule has 2 aromatic rings. The Morgan fingerprint density at radius 2 is 2.20 bits per heavy atom. The van der Waals surface area contributed by atoms with Gasteiger partial charge in [-0.2, -0.15) is 5.10 Å². The average Bonchev–Trinajstić information content (AvgIpc) is 3.13. The van der Waals surface area contributed by atoms with Crippen LogP contribution in [-0.4, -0.2) is 47.3 Å². The highest BCUT2D eigenvalue weighted by Crippen LogP contribution is 2.29. The number of hydrogen-bond acceptors (Lipinski definition) is 5. The predicted octanol–water partition coefficient (Wildman–Crippen LogP) is 2.05. The minimum absolute atomic E-state index is 0. The lowest BCUT2D eigenvalue weighted by Crippen LogP contribution is -2.39. The lowest BCUT2D eigenvalue weighted by molar-refractivity contribution is -0.0172. The van der Waals surface area contributed by atoms with Crippen LogP contribution in [0.1, 0.15) is 30.5 Å². The Morgan fingerprint density at radius 1 is 1.40 bits per heavy atom. The van der Waals surface area contributed by atoms with E-state index in [4.69, 9.17) is 9.47 Å². The molecule has 1 aliphatic rings. The average molecular weight is 533 g/mol. The number of aliphatic hydroxyl groups is 1. The van der Waals surface area contributed by atoms with Crippen LogP contribution < -0.4 is 15.4 Å². The number of nitrogens with one attached hydrogen (secondary N) is 2. The van der Waals surface area contributed by atoms with E-state index in [0.29, 0.717) is 43.4 Å². The first kappa shape index (κ1) is 24.4. The van der Waals surface area contributed by atoms with Gasteiger partial charge < -0.3 is 25.2 Å². The molecule has 10 heteroatoms. The number of nitrogens with zero attached hydrogens (tertiary/aromatic N) is 3. The van der Waals surface area contributed by atoms with Gasteiger partial charge in [0.25, 0.3) is 0 Å². The highest BCUT2D eigenvalue weighted by atomic mass is 127. The van der Waals surface area contributed by atoms with Crippen molar-refractivity contribution < 1.29 is 19.0 Å². The largest absolute Gasteiger partial charge is 0.467 e. The molecule has 3 rings (SSSR count). The molecule has 8 nitrogen and oxygen atoms in total. The van der Waals surface area contributed by atoms with Crippen molar-refractivity contribution >= 4 is 29.9 Å². The minimum atomic E-state index is -1.13. The van der Waals surface area contributed by atoms with Crippen molar-refractivity contribution in [3.8, 4) is 5.75 Å². The molecule has 0 bridgehead atoms. The summed E-state index contributed by atoms with van der Waals surface area (Å²) in [7, 11) is 1.80. The van der Waals surface area contributed by atoms with Crippen molar-refractivity contribution in [2.24, 2.45) is 12.0 Å². The molecule has 1 aromatic heterocycles. The van der Waals surface area contributed by atoms with Crippen LogP contribution in [0, 0.1) is 5.82 Å². The Labute approximate surface area is 192 Å². The molecule has 166 valence electrons. The van der Waals surface area contributed by atoms with Crippen molar-refractivity contribution in [2.45, 2.75) is 32.5 Å². The first-order valence-electron chi connectivity index (χ1n) is 9.64. The van der Waals surface area contributed by atoms with Crippen molar-refractivity contribution in [3.63, 3.8) is 0 Å². The van der Waals surface area contributed by atoms with E-state index in [-0.39, 0.29) is 43.1 Å². The highest BCUT2D eigenvalue weighted by Gasteiger charge is 2.24. The Bertz CT molecular complexity index is 872. The SMILES string of the molecule is CCNC(=NCC(C)(O)c1cnn(C)c1)NCCc1cc(F)cc2c1OCOC2.I. The van der Waals surface area contributed by atoms with Gasteiger partial charge in [-0.25, -0.2) is 9.38 Å². The maximum atomic E-state index is 13.9. The van der Waals surface area contributed by atoms with Gasteiger partial charge in [-0.1, -0.05) is 0 Å². The number of aromatic nitrogens is 2. The zero-order valence-electron chi connectivity index (χ0n) is 17.4. The molecule has 1 unspecified atom stereocenters. The molecule has 0 aliphatic carbocycles. The molecule has 2 heterocycles. The lowest BCUT2D eigenvalue weighted by Gasteiger charge is -2.22. The van der Waals surface area contributed by atoms with E-state index < -0.39 is 5.60 Å². The monoisotopic (exact) mass is 533 g/mol. The molecule has 1 aliphatic heterocycles. The quantitative estimate of drug-likeness (QED) is 0.287. The summed E-state index contributed by atoms with van der Waals surface area (Å²) < 4.78 is 26.3. The number of fused-ring (bicyclic) bond motifs is 1. The van der Waals surface area contributed by atoms with E-state index in [1.165, 1.54) is 12.1 Å². The normalized spacial score (nSPS) is 15.4. The summed E-state index contributed by atoms with van der Waals surface area (Å²) in [5.74, 6) is 0.966. The summed E-state index contributed by atoms with van der Waals surface area (Å²) in [4.78, 5) is 4.49. The fourth-order valence-corrected chi connectivity index (χ4v) is 3.12. The smallest absolute Gasteiger partial charge is 0.191 e. The van der Waals surface area contributed by atoms with E-state index in [9.17, 15) is 9.50 Å². The third-order valence-electron chi connectivity index (χ3n) is 4.65. The van der Waals surface area contributed by atoms with Gasteiger partial charge in [-0.15, -0.1) is 24.0 Å². The van der Waals surface area contributed by atoms with Crippen LogP contribution in [0.3, 0.4) is 0 Å². The maximum absolute atomic E-state index is 13.9. The number of benzene rings is 1. The van der Waals surface area contributed by atoms with Crippen LogP contribution in [0.4, 0.5) is 4.39 Å². The van der Waals surface area contributed by atoms with E-state index in [2.05, 4.69) is 20.7 Å². The Hall–Kier alpha value is -1.92. The van der Waals surface area contributed by atoms with Crippen LogP contribution >= 0.6 is 24.0 Å². The van der Waals surface area contributed by atoms with Crippen molar-refractivity contribution in [2.75, 3.05) is 26.4 Å². The molecule has 1 atom stereocenters. The summed E-state index contributed by atoms with van der Waals surface area (Å²) in [6.07, 6.45) is 3.96. The second-order valence-corrected chi connectivity index (χ2v) is 7.21. The van der Waals surface area contributed by atoms with Gasteiger partial charge in [-0.3, -0.25) is 4.68 Å². The van der Waals surface area contributed by atoms with Crippen molar-refractivity contribution in [3.05, 3.63) is 47.0 Å². The lowest BCUT2D eigenvalue weighted by atomic mass is 10.0. The van der Waals surface area contributed by atoms with Gasteiger partial charge in [0.1, 0.15) is 17.2 Å². The van der Waals surface area contributed by atoms with E-state index in [1.54, 1.807) is 31.0 Å². The van der Waals surface area contributed by atoms with Crippen LogP contribution in [0.25, 0.3) is 0 Å². The van der Waals surface area contributed by atoms with Gasteiger partial charge in [0.2, 0.25) is 0 Å². The number of aliphatic imine (C=N–C) groups is 1. The van der Waals surface area contributed by atoms with Gasteiger partial charge in [0.05, 0.1) is 19.3 Å². The molecular weight excluding hydrogens is 504 g/mol. The van der Waals surface area contributed by atoms with E-state index in [0.717, 1.165) is 11.1 Å². The molecule has 0 saturated heterocycles. The first-order valence-corrected chi connectivity index (χ1v) is 9.64. The van der Waals surface area contributed by atoms with Gasteiger partial charge in [0, 0.05) is 37.5 Å². The number of aryl methyl sites for hydroxylation is 1. The molecule has 0 saturated carbocycles. The van der Waals surface area contributed by atoms with Gasteiger partial charge in [-0.05, 0) is 38.0 Å². The van der Waals surface area contributed by atoms with Crippen LogP contribution in [0.2, 0.25) is 0 Å². The molecule has 0 radical (unpaired) electrons. The number of rotatable bonds is 7. The number of guanidine groups is 1. The molecule has 0 spiro atoms. The molecular formula is C20H29FIN5O3. The summed E-state index contributed by atoms with van der Waals surface area (Å²) in [5.41, 5.74) is 1.07. The van der Waals surface area contributed by atoms with Crippen LogP contribution in [-0.2, 0) is 30.4 Å². The Morgan fingerprint density at radius 3 is 2.90 bits per heavy atom. The summed E-state index contributed by atoms with van der Waals surface area (Å²) in [6.45, 7) is 5.57. The summed E-state index contributed by atoms with van der Waals surface area (Å²) >= 11 is 0. The fraction of sp³-hybridized carbons (Fsp3) is 0.500. The van der Waals surface area contributed by atoms with Gasteiger partial charge >= 0.3 is 0 Å². The van der Waals surface area contributed by atoms with Crippen molar-refractivity contribution in [1.82, 2.24) is 20.4 Å². The summed E-state index contributed by atoms with van der Waals surface area (Å²) in [6, 6.07) is 2.93. The van der Waals surface area contributed by atoms with Crippen molar-refractivity contribution in [1.29, 1.82) is 0 Å². The molecule has 30 heavy (non-hydrogen) atoms. The van der Waals surface area contributed by atoms with E-state index in [1.807, 2.05) is 6.92 Å². The highest BCUT2D eigenvalue weighted by molar-refractivity contribution is 14.0. The number of halogens is 2. The zero-order valence-corrected chi connectivity index (χ0v) is 19.8. The Balaban J connectivity index is 0.00000320. The maximum Gasteiger partial charge on any atom is 0.191 e. The van der Waals surface area contributed by atoms with Crippen LogP contribution in [0.5, 0.6) is 5.75 Å². The molecule has 3 N–H and O–H groups in total. The number of ether oxygens (including phenoxy) is 2. The third-order valence-corrected chi connectivity index (χ3v) is 4.65. The topological polar surface area (TPSA) is 92.9 Å². The minimum Gasteiger partial charge on any atom is -0.467 e.